The molecule has 36 heavy (non-hydrogen) atoms. The number of sulfone groups is 1. The SMILES string of the molecule is COc1ccc(S(=O)(=O)C2(CCCC#Cc3cc(NC(=O)O)ccc3C)SC(=O)NC2=O)cc1OC. The minimum atomic E-state index is -4.32. The van der Waals surface area contributed by atoms with Crippen molar-refractivity contribution in [3.05, 3.63) is 47.5 Å². The van der Waals surface area contributed by atoms with E-state index in [4.69, 9.17) is 14.6 Å². The Bertz CT molecular complexity index is 1380. The number of aryl methyl sites for hydroxylation is 1. The van der Waals surface area contributed by atoms with Crippen LogP contribution in [0.4, 0.5) is 15.3 Å². The molecule has 10 nitrogen and oxygen atoms in total. The van der Waals surface area contributed by atoms with Crippen LogP contribution < -0.4 is 20.1 Å². The Morgan fingerprint density at radius 2 is 1.86 bits per heavy atom. The van der Waals surface area contributed by atoms with E-state index in [-0.39, 0.29) is 29.9 Å². The number of imide groups is 1. The molecule has 3 rings (SSSR count). The van der Waals surface area contributed by atoms with Crippen LogP contribution in [0.25, 0.3) is 0 Å². The molecule has 2 aromatic rings. The molecule has 2 aromatic carbocycles. The molecular formula is C24H24N2O8S2. The van der Waals surface area contributed by atoms with E-state index in [1.54, 1.807) is 18.2 Å². The molecule has 0 aromatic heterocycles. The zero-order chi connectivity index (χ0) is 26.5. The van der Waals surface area contributed by atoms with Crippen molar-refractivity contribution in [2.24, 2.45) is 0 Å². The van der Waals surface area contributed by atoms with E-state index < -0.39 is 31.2 Å². The van der Waals surface area contributed by atoms with Gasteiger partial charge in [-0.2, -0.15) is 0 Å². The summed E-state index contributed by atoms with van der Waals surface area (Å²) in [7, 11) is -1.55. The van der Waals surface area contributed by atoms with Crippen LogP contribution in [0.1, 0.15) is 30.4 Å². The average molecular weight is 533 g/mol. The molecule has 3 N–H and O–H groups in total. The number of rotatable bonds is 8. The number of hydrogen-bond acceptors (Lipinski definition) is 8. The predicted molar refractivity (Wildman–Crippen MR) is 134 cm³/mol. The van der Waals surface area contributed by atoms with E-state index in [0.717, 1.165) is 5.56 Å². The molecule has 1 atom stereocenters. The van der Waals surface area contributed by atoms with Gasteiger partial charge in [0.1, 0.15) is 0 Å². The molecule has 12 heteroatoms. The fourth-order valence-electron chi connectivity index (χ4n) is 3.58. The third kappa shape index (κ3) is 5.42. The first-order valence-corrected chi connectivity index (χ1v) is 12.9. The summed E-state index contributed by atoms with van der Waals surface area (Å²) in [5, 5.41) is 12.5. The van der Waals surface area contributed by atoms with Crippen molar-refractivity contribution >= 4 is 44.5 Å². The smallest absolute Gasteiger partial charge is 0.409 e. The number of carbonyl (C=O) groups excluding carboxylic acids is 2. The van der Waals surface area contributed by atoms with Gasteiger partial charge in [-0.05, 0) is 61.4 Å². The molecule has 1 aliphatic rings. The summed E-state index contributed by atoms with van der Waals surface area (Å²) in [6.45, 7) is 1.82. The van der Waals surface area contributed by atoms with Gasteiger partial charge in [0.15, 0.2) is 11.5 Å². The number of carbonyl (C=O) groups is 3. The number of hydrogen-bond donors (Lipinski definition) is 3. The van der Waals surface area contributed by atoms with Crippen LogP contribution in [0.5, 0.6) is 11.5 Å². The van der Waals surface area contributed by atoms with E-state index >= 15 is 0 Å². The summed E-state index contributed by atoms with van der Waals surface area (Å²) >= 11 is 0.439. The maximum atomic E-state index is 13.6. The van der Waals surface area contributed by atoms with Gasteiger partial charge in [-0.15, -0.1) is 0 Å². The van der Waals surface area contributed by atoms with Gasteiger partial charge >= 0.3 is 6.09 Å². The summed E-state index contributed by atoms with van der Waals surface area (Å²) in [6, 6.07) is 8.91. The molecule has 0 radical (unpaired) electrons. The third-order valence-electron chi connectivity index (χ3n) is 5.44. The number of unbranched alkanes of at least 4 members (excludes halogenated alkanes) is 1. The molecular weight excluding hydrogens is 508 g/mol. The van der Waals surface area contributed by atoms with Crippen molar-refractivity contribution in [2.45, 2.75) is 35.2 Å². The number of ether oxygens (including phenoxy) is 2. The first-order chi connectivity index (χ1) is 17.0. The molecule has 1 saturated heterocycles. The van der Waals surface area contributed by atoms with Crippen LogP contribution in [0.15, 0.2) is 41.3 Å². The predicted octanol–water partition coefficient (Wildman–Crippen LogP) is 3.78. The Morgan fingerprint density at radius 3 is 2.47 bits per heavy atom. The first kappa shape index (κ1) is 26.9. The van der Waals surface area contributed by atoms with Crippen LogP contribution in [-0.4, -0.2) is 49.1 Å². The largest absolute Gasteiger partial charge is 0.493 e. The zero-order valence-corrected chi connectivity index (χ0v) is 21.3. The number of nitrogens with one attached hydrogen (secondary N) is 2. The van der Waals surface area contributed by atoms with Gasteiger partial charge in [-0.25, -0.2) is 13.2 Å². The minimum absolute atomic E-state index is 0.153. The molecule has 0 bridgehead atoms. The molecule has 0 aliphatic carbocycles. The summed E-state index contributed by atoms with van der Waals surface area (Å²) in [5.74, 6) is 5.47. The van der Waals surface area contributed by atoms with E-state index in [2.05, 4.69) is 22.5 Å². The third-order valence-corrected chi connectivity index (χ3v) is 9.49. The summed E-state index contributed by atoms with van der Waals surface area (Å²) in [6.07, 6.45) is -0.901. The highest BCUT2D eigenvalue weighted by Crippen LogP contribution is 2.45. The molecule has 190 valence electrons. The Kier molecular flexibility index (Phi) is 8.17. The lowest BCUT2D eigenvalue weighted by Gasteiger charge is -2.24. The Hall–Kier alpha value is -3.69. The normalized spacial score (nSPS) is 17.1. The molecule has 0 spiro atoms. The van der Waals surface area contributed by atoms with Crippen LogP contribution in [0.2, 0.25) is 0 Å². The number of amides is 3. The lowest BCUT2D eigenvalue weighted by Crippen LogP contribution is -2.43. The highest BCUT2D eigenvalue weighted by Gasteiger charge is 2.58. The summed E-state index contributed by atoms with van der Waals surface area (Å²) < 4.78 is 35.5. The van der Waals surface area contributed by atoms with Crippen LogP contribution >= 0.6 is 11.8 Å². The molecule has 1 heterocycles. The van der Waals surface area contributed by atoms with Crippen molar-refractivity contribution in [3.8, 4) is 23.3 Å². The van der Waals surface area contributed by atoms with E-state index in [0.29, 0.717) is 28.8 Å². The van der Waals surface area contributed by atoms with Crippen molar-refractivity contribution in [3.63, 3.8) is 0 Å². The molecule has 1 unspecified atom stereocenters. The van der Waals surface area contributed by atoms with Gasteiger partial charge in [0.25, 0.3) is 11.1 Å². The van der Waals surface area contributed by atoms with E-state index in [1.807, 2.05) is 6.92 Å². The van der Waals surface area contributed by atoms with Gasteiger partial charge < -0.3 is 14.6 Å². The second kappa shape index (κ2) is 10.9. The van der Waals surface area contributed by atoms with Gasteiger partial charge in [0.05, 0.1) is 19.1 Å². The molecule has 0 saturated carbocycles. The summed E-state index contributed by atoms with van der Waals surface area (Å²) in [5.41, 5.74) is 1.81. The van der Waals surface area contributed by atoms with Crippen LogP contribution in [0, 0.1) is 18.8 Å². The second-order valence-electron chi connectivity index (χ2n) is 7.73. The second-order valence-corrected chi connectivity index (χ2v) is 11.4. The van der Waals surface area contributed by atoms with Gasteiger partial charge in [0, 0.05) is 23.7 Å². The quantitative estimate of drug-likeness (QED) is 0.341. The van der Waals surface area contributed by atoms with E-state index in [9.17, 15) is 22.8 Å². The molecule has 1 fully saturated rings. The van der Waals surface area contributed by atoms with Crippen molar-refractivity contribution in [1.82, 2.24) is 5.32 Å². The maximum Gasteiger partial charge on any atom is 0.409 e. The number of benzene rings is 2. The highest BCUT2D eigenvalue weighted by molar-refractivity contribution is 8.25. The number of methoxy groups -OCH3 is 2. The number of anilines is 1. The lowest BCUT2D eigenvalue weighted by atomic mass is 10.1. The van der Waals surface area contributed by atoms with Gasteiger partial charge in [-0.3, -0.25) is 20.2 Å². The fraction of sp³-hybridized carbons (Fsp3) is 0.292. The molecule has 1 aliphatic heterocycles. The summed E-state index contributed by atoms with van der Waals surface area (Å²) in [4.78, 5) is 35.5. The Morgan fingerprint density at radius 1 is 1.14 bits per heavy atom. The van der Waals surface area contributed by atoms with Crippen molar-refractivity contribution in [1.29, 1.82) is 0 Å². The van der Waals surface area contributed by atoms with Gasteiger partial charge in [0.2, 0.25) is 13.9 Å². The minimum Gasteiger partial charge on any atom is -0.493 e. The number of thioether (sulfide) groups is 1. The molecule has 3 amide bonds. The monoisotopic (exact) mass is 532 g/mol. The van der Waals surface area contributed by atoms with Crippen LogP contribution in [0.3, 0.4) is 0 Å². The highest BCUT2D eigenvalue weighted by atomic mass is 32.3. The Labute approximate surface area is 212 Å². The fourth-order valence-corrected chi connectivity index (χ4v) is 6.97. The standard InChI is InChI=1S/C24H24N2O8S2/c1-15-8-9-17(25-22(28)29)13-16(15)7-5-4-6-12-24(21(27)26-23(30)35-24)36(31,32)18-10-11-19(33-2)20(14-18)34-3/h8-11,13-14,25H,4,6,12H2,1-3H3,(H,28,29)(H,26,27,30). The number of carboxylic acid groups (broad SMARTS) is 1. The average Bonchev–Trinajstić information content (AvgIpc) is 3.13. The topological polar surface area (TPSA) is 148 Å². The first-order valence-electron chi connectivity index (χ1n) is 10.6. The lowest BCUT2D eigenvalue weighted by molar-refractivity contribution is -0.120. The Balaban J connectivity index is 1.84. The van der Waals surface area contributed by atoms with Crippen LogP contribution in [-0.2, 0) is 14.6 Å². The van der Waals surface area contributed by atoms with E-state index in [1.165, 1.54) is 32.4 Å². The van der Waals surface area contributed by atoms with Crippen molar-refractivity contribution < 1.29 is 37.4 Å². The maximum absolute atomic E-state index is 13.6. The van der Waals surface area contributed by atoms with Crippen molar-refractivity contribution in [2.75, 3.05) is 19.5 Å². The zero-order valence-electron chi connectivity index (χ0n) is 19.7. The van der Waals surface area contributed by atoms with Gasteiger partial charge in [-0.1, -0.05) is 17.9 Å².